The van der Waals surface area contributed by atoms with Gasteiger partial charge in [-0.15, -0.1) is 11.3 Å². The van der Waals surface area contributed by atoms with Gasteiger partial charge in [-0.1, -0.05) is 42.5 Å². The van der Waals surface area contributed by atoms with E-state index in [4.69, 9.17) is 4.98 Å². The van der Waals surface area contributed by atoms with E-state index in [9.17, 15) is 14.0 Å². The lowest BCUT2D eigenvalue weighted by Gasteiger charge is -2.14. The molecule has 0 fully saturated rings. The molecule has 6 aromatic rings. The number of hydrogen-bond donors (Lipinski definition) is 0. The summed E-state index contributed by atoms with van der Waals surface area (Å²) in [5, 5.41) is 2.62. The Labute approximate surface area is 227 Å². The number of carbonyl (C=O) groups is 2. The first-order valence-electron chi connectivity index (χ1n) is 12.6. The molecule has 39 heavy (non-hydrogen) atoms. The Balaban J connectivity index is 1.43. The number of hydrogen-bond acceptors (Lipinski definition) is 4. The Kier molecular flexibility index (Phi) is 5.22. The van der Waals surface area contributed by atoms with Crippen LogP contribution in [0.1, 0.15) is 37.5 Å². The van der Waals surface area contributed by atoms with Gasteiger partial charge >= 0.3 is 0 Å². The highest BCUT2D eigenvalue weighted by molar-refractivity contribution is 7.21. The smallest absolute Gasteiger partial charge is 0.197 e. The summed E-state index contributed by atoms with van der Waals surface area (Å²) in [4.78, 5) is 32.0. The standard InChI is InChI=1S/C33H21FN2O2S/c1-18-6-5-7-19(2)29(18)36-24(17-28-32(36)35-33(39-28)20-10-12-23(34)13-11-20)16-27-30(37)25-14-21-8-3-4-9-22(21)15-26(25)31(27)38/h3-17H,1-2H3. The molecule has 1 aliphatic carbocycles. The number of aryl methyl sites for hydroxylation is 2. The highest BCUT2D eigenvalue weighted by atomic mass is 32.1. The van der Waals surface area contributed by atoms with Crippen molar-refractivity contribution in [3.8, 4) is 16.3 Å². The minimum atomic E-state index is -0.298. The molecule has 2 heterocycles. The lowest BCUT2D eigenvalue weighted by molar-refractivity contribution is 0.0990. The predicted octanol–water partition coefficient (Wildman–Crippen LogP) is 8.13. The van der Waals surface area contributed by atoms with Crippen molar-refractivity contribution in [2.24, 2.45) is 0 Å². The third-order valence-corrected chi connectivity index (χ3v) is 8.33. The van der Waals surface area contributed by atoms with Crippen LogP contribution >= 0.6 is 11.3 Å². The zero-order chi connectivity index (χ0) is 26.8. The summed E-state index contributed by atoms with van der Waals surface area (Å²) in [6, 6.07) is 25.7. The minimum Gasteiger partial charge on any atom is -0.293 e. The Morgan fingerprint density at radius 1 is 0.795 bits per heavy atom. The topological polar surface area (TPSA) is 52.0 Å². The number of carbonyl (C=O) groups excluding carboxylic acids is 2. The number of rotatable bonds is 3. The maximum atomic E-state index is 13.5. The van der Waals surface area contributed by atoms with Crippen molar-refractivity contribution in [2.45, 2.75) is 13.8 Å². The van der Waals surface area contributed by atoms with Crippen molar-refractivity contribution >= 4 is 50.1 Å². The van der Waals surface area contributed by atoms with Crippen molar-refractivity contribution in [1.29, 1.82) is 0 Å². The van der Waals surface area contributed by atoms with Crippen molar-refractivity contribution in [1.82, 2.24) is 9.55 Å². The van der Waals surface area contributed by atoms with Crippen LogP contribution in [0.4, 0.5) is 4.39 Å². The van der Waals surface area contributed by atoms with Crippen LogP contribution < -0.4 is 0 Å². The highest BCUT2D eigenvalue weighted by Gasteiger charge is 2.34. The quantitative estimate of drug-likeness (QED) is 0.172. The molecular weight excluding hydrogens is 507 g/mol. The number of benzene rings is 4. The van der Waals surface area contributed by atoms with Crippen molar-refractivity contribution in [3.05, 3.63) is 124 Å². The molecule has 4 nitrogen and oxygen atoms in total. The van der Waals surface area contributed by atoms with Gasteiger partial charge in [0.1, 0.15) is 10.8 Å². The lowest BCUT2D eigenvalue weighted by Crippen LogP contribution is -2.05. The van der Waals surface area contributed by atoms with E-state index < -0.39 is 0 Å². The molecule has 188 valence electrons. The predicted molar refractivity (Wildman–Crippen MR) is 154 cm³/mol. The Morgan fingerprint density at radius 2 is 1.41 bits per heavy atom. The first-order valence-corrected chi connectivity index (χ1v) is 13.4. The number of ketones is 2. The number of para-hydroxylation sites is 1. The number of Topliss-reactive ketones (excluding diaryl/α,β-unsaturated/α-hetero) is 2. The summed E-state index contributed by atoms with van der Waals surface area (Å²) < 4.78 is 16.5. The Bertz CT molecular complexity index is 1950. The van der Waals surface area contributed by atoms with Gasteiger partial charge < -0.3 is 0 Å². The average molecular weight is 529 g/mol. The number of thiazole rings is 1. The molecule has 0 amide bonds. The normalized spacial score (nSPS) is 13.1. The summed E-state index contributed by atoms with van der Waals surface area (Å²) in [6.07, 6.45) is 1.70. The van der Waals surface area contributed by atoms with E-state index in [-0.39, 0.29) is 23.0 Å². The molecule has 0 aliphatic heterocycles. The summed E-state index contributed by atoms with van der Waals surface area (Å²) in [6.45, 7) is 4.07. The monoisotopic (exact) mass is 528 g/mol. The molecule has 0 unspecified atom stereocenters. The van der Waals surface area contributed by atoms with Crippen molar-refractivity contribution < 1.29 is 14.0 Å². The van der Waals surface area contributed by atoms with Gasteiger partial charge in [-0.3, -0.25) is 14.2 Å². The molecule has 0 bridgehead atoms. The molecule has 6 heteroatoms. The van der Waals surface area contributed by atoms with Gasteiger partial charge in [0, 0.05) is 16.7 Å². The van der Waals surface area contributed by atoms with Crippen molar-refractivity contribution in [2.75, 3.05) is 0 Å². The maximum absolute atomic E-state index is 13.5. The molecular formula is C33H21FN2O2S. The zero-order valence-corrected chi connectivity index (χ0v) is 22.0. The van der Waals surface area contributed by atoms with Crippen LogP contribution in [0.25, 0.3) is 43.5 Å². The molecule has 1 aliphatic rings. The molecule has 4 aromatic carbocycles. The number of aromatic nitrogens is 2. The third kappa shape index (κ3) is 3.67. The fourth-order valence-electron chi connectivity index (χ4n) is 5.40. The molecule has 0 radical (unpaired) electrons. The summed E-state index contributed by atoms with van der Waals surface area (Å²) in [5.41, 5.74) is 6.33. The van der Waals surface area contributed by atoms with E-state index in [1.54, 1.807) is 18.2 Å². The van der Waals surface area contributed by atoms with E-state index in [1.165, 1.54) is 23.5 Å². The van der Waals surface area contributed by atoms with E-state index in [0.29, 0.717) is 16.8 Å². The van der Waals surface area contributed by atoms with E-state index >= 15 is 0 Å². The van der Waals surface area contributed by atoms with Gasteiger partial charge in [0.2, 0.25) is 0 Å². The van der Waals surface area contributed by atoms with Crippen LogP contribution in [-0.4, -0.2) is 21.1 Å². The van der Waals surface area contributed by atoms with Crippen LogP contribution in [0.15, 0.2) is 90.5 Å². The summed E-state index contributed by atoms with van der Waals surface area (Å²) in [7, 11) is 0. The second-order valence-corrected chi connectivity index (χ2v) is 10.9. The van der Waals surface area contributed by atoms with Crippen LogP contribution in [0.3, 0.4) is 0 Å². The first-order chi connectivity index (χ1) is 18.9. The van der Waals surface area contributed by atoms with Gasteiger partial charge in [-0.05, 0) is 84.3 Å². The van der Waals surface area contributed by atoms with E-state index in [2.05, 4.69) is 0 Å². The number of fused-ring (bicyclic) bond motifs is 3. The van der Waals surface area contributed by atoms with Crippen molar-refractivity contribution in [3.63, 3.8) is 0 Å². The zero-order valence-electron chi connectivity index (χ0n) is 21.2. The van der Waals surface area contributed by atoms with E-state index in [1.807, 2.05) is 79.1 Å². The fourth-order valence-corrected chi connectivity index (χ4v) is 6.41. The maximum Gasteiger partial charge on any atom is 0.197 e. The van der Waals surface area contributed by atoms with E-state index in [0.717, 1.165) is 48.5 Å². The molecule has 0 N–H and O–H groups in total. The highest BCUT2D eigenvalue weighted by Crippen LogP contribution is 2.38. The lowest BCUT2D eigenvalue weighted by atomic mass is 10.0. The molecule has 7 rings (SSSR count). The van der Waals surface area contributed by atoms with Gasteiger partial charge in [0.05, 0.1) is 21.7 Å². The third-order valence-electron chi connectivity index (χ3n) is 7.29. The summed E-state index contributed by atoms with van der Waals surface area (Å²) >= 11 is 1.49. The fraction of sp³-hybridized carbons (Fsp3) is 0.0606. The average Bonchev–Trinajstić information content (AvgIpc) is 3.55. The molecule has 0 saturated heterocycles. The SMILES string of the molecule is Cc1cccc(C)c1-n1c(C=C2C(=O)c3cc4ccccc4cc3C2=O)cc2sc(-c3ccc(F)cc3)nc21. The number of allylic oxidation sites excluding steroid dienone is 1. The first kappa shape index (κ1) is 23.4. The largest absolute Gasteiger partial charge is 0.293 e. The Morgan fingerprint density at radius 3 is 2.03 bits per heavy atom. The second kappa shape index (κ2) is 8.68. The molecule has 2 aromatic heterocycles. The number of nitrogens with zero attached hydrogens (tertiary/aromatic N) is 2. The molecule has 0 spiro atoms. The Hall–Kier alpha value is -4.68. The molecule has 0 atom stereocenters. The van der Waals surface area contributed by atoms with Gasteiger partial charge in [0.15, 0.2) is 17.2 Å². The van der Waals surface area contributed by atoms with Crippen LogP contribution in [0, 0.1) is 19.7 Å². The van der Waals surface area contributed by atoms with Crippen LogP contribution in [0.5, 0.6) is 0 Å². The number of halogens is 1. The van der Waals surface area contributed by atoms with Gasteiger partial charge in [-0.25, -0.2) is 9.37 Å². The second-order valence-electron chi connectivity index (χ2n) is 9.82. The van der Waals surface area contributed by atoms with Gasteiger partial charge in [-0.2, -0.15) is 0 Å². The summed E-state index contributed by atoms with van der Waals surface area (Å²) in [5.74, 6) is -0.828. The molecule has 0 saturated carbocycles. The minimum absolute atomic E-state index is 0.150. The van der Waals surface area contributed by atoms with Crippen LogP contribution in [0.2, 0.25) is 0 Å². The van der Waals surface area contributed by atoms with Gasteiger partial charge in [0.25, 0.3) is 0 Å². The van der Waals surface area contributed by atoms with Crippen LogP contribution in [-0.2, 0) is 0 Å².